The molecule has 1 N–H and O–H groups in total. The lowest BCUT2D eigenvalue weighted by molar-refractivity contribution is 0.189. The van der Waals surface area contributed by atoms with Crippen LogP contribution in [0.3, 0.4) is 0 Å². The summed E-state index contributed by atoms with van der Waals surface area (Å²) in [5.41, 5.74) is 1.79. The fraction of sp³-hybridized carbons (Fsp3) is 0.364. The third kappa shape index (κ3) is 1.94. The highest BCUT2D eigenvalue weighted by Gasteiger charge is 2.07. The van der Waals surface area contributed by atoms with E-state index in [0.29, 0.717) is 6.61 Å². The SMILES string of the molecule is COCCCn1c(O)nc2ccccc21. The third-order valence-electron chi connectivity index (χ3n) is 2.36. The Morgan fingerprint density at radius 3 is 3.00 bits per heavy atom. The molecule has 15 heavy (non-hydrogen) atoms. The van der Waals surface area contributed by atoms with Gasteiger partial charge in [-0.3, -0.25) is 4.57 Å². The summed E-state index contributed by atoms with van der Waals surface area (Å²) in [6.07, 6.45) is 0.865. The number of imidazole rings is 1. The predicted octanol–water partition coefficient (Wildman–Crippen LogP) is 1.78. The molecule has 0 aliphatic rings. The number of rotatable bonds is 4. The van der Waals surface area contributed by atoms with Crippen molar-refractivity contribution >= 4 is 11.0 Å². The number of methoxy groups -OCH3 is 1. The van der Waals surface area contributed by atoms with Gasteiger partial charge >= 0.3 is 0 Å². The Morgan fingerprint density at radius 1 is 1.40 bits per heavy atom. The van der Waals surface area contributed by atoms with Crippen molar-refractivity contribution in [3.05, 3.63) is 24.3 Å². The average Bonchev–Trinajstić information content (AvgIpc) is 2.56. The van der Waals surface area contributed by atoms with E-state index in [9.17, 15) is 5.11 Å². The summed E-state index contributed by atoms with van der Waals surface area (Å²) >= 11 is 0. The molecule has 0 amide bonds. The zero-order chi connectivity index (χ0) is 10.7. The molecule has 1 aromatic carbocycles. The Labute approximate surface area is 88.1 Å². The van der Waals surface area contributed by atoms with Gasteiger partial charge in [0, 0.05) is 20.3 Å². The molecule has 4 heteroatoms. The number of hydrogen-bond acceptors (Lipinski definition) is 3. The number of aromatic hydroxyl groups is 1. The maximum absolute atomic E-state index is 9.64. The summed E-state index contributed by atoms with van der Waals surface area (Å²) in [6.45, 7) is 1.41. The number of benzene rings is 1. The molecule has 0 spiro atoms. The van der Waals surface area contributed by atoms with Gasteiger partial charge in [0.25, 0.3) is 6.01 Å². The van der Waals surface area contributed by atoms with E-state index in [1.54, 1.807) is 11.7 Å². The maximum Gasteiger partial charge on any atom is 0.294 e. The molecule has 0 fully saturated rings. The molecule has 0 radical (unpaired) electrons. The van der Waals surface area contributed by atoms with Crippen LogP contribution in [0.15, 0.2) is 24.3 Å². The minimum Gasteiger partial charge on any atom is -0.480 e. The van der Waals surface area contributed by atoms with Gasteiger partial charge in [0.05, 0.1) is 11.0 Å². The smallest absolute Gasteiger partial charge is 0.294 e. The van der Waals surface area contributed by atoms with E-state index in [2.05, 4.69) is 4.98 Å². The zero-order valence-corrected chi connectivity index (χ0v) is 8.68. The molecule has 0 saturated heterocycles. The van der Waals surface area contributed by atoms with Crippen LogP contribution < -0.4 is 0 Å². The summed E-state index contributed by atoms with van der Waals surface area (Å²) in [7, 11) is 1.67. The van der Waals surface area contributed by atoms with Gasteiger partial charge < -0.3 is 9.84 Å². The van der Waals surface area contributed by atoms with Crippen molar-refractivity contribution < 1.29 is 9.84 Å². The number of ether oxygens (including phenoxy) is 1. The average molecular weight is 206 g/mol. The highest BCUT2D eigenvalue weighted by molar-refractivity contribution is 5.76. The Hall–Kier alpha value is -1.55. The molecular weight excluding hydrogens is 192 g/mol. The second-order valence-corrected chi connectivity index (χ2v) is 3.40. The van der Waals surface area contributed by atoms with Gasteiger partial charge in [-0.1, -0.05) is 12.1 Å². The largest absolute Gasteiger partial charge is 0.480 e. The van der Waals surface area contributed by atoms with Crippen LogP contribution in [-0.2, 0) is 11.3 Å². The van der Waals surface area contributed by atoms with Crippen LogP contribution in [0.2, 0.25) is 0 Å². The fourth-order valence-corrected chi connectivity index (χ4v) is 1.65. The quantitative estimate of drug-likeness (QED) is 0.776. The van der Waals surface area contributed by atoms with Crippen LogP contribution in [0, 0.1) is 0 Å². The van der Waals surface area contributed by atoms with Crippen molar-refractivity contribution in [3.8, 4) is 6.01 Å². The van der Waals surface area contributed by atoms with Crippen molar-refractivity contribution in [3.63, 3.8) is 0 Å². The number of hydrogen-bond donors (Lipinski definition) is 1. The van der Waals surface area contributed by atoms with E-state index in [4.69, 9.17) is 4.74 Å². The van der Waals surface area contributed by atoms with E-state index >= 15 is 0 Å². The summed E-state index contributed by atoms with van der Waals surface area (Å²) < 4.78 is 6.78. The molecule has 2 aromatic rings. The molecule has 1 heterocycles. The third-order valence-corrected chi connectivity index (χ3v) is 2.36. The first kappa shape index (κ1) is 9.98. The Morgan fingerprint density at radius 2 is 2.20 bits per heavy atom. The van der Waals surface area contributed by atoms with Crippen LogP contribution in [-0.4, -0.2) is 28.4 Å². The van der Waals surface area contributed by atoms with Crippen molar-refractivity contribution in [2.75, 3.05) is 13.7 Å². The number of aromatic nitrogens is 2. The first-order chi connectivity index (χ1) is 7.33. The van der Waals surface area contributed by atoms with Gasteiger partial charge in [0.2, 0.25) is 0 Å². The van der Waals surface area contributed by atoms with Crippen LogP contribution in [0.1, 0.15) is 6.42 Å². The van der Waals surface area contributed by atoms with Crippen molar-refractivity contribution in [1.29, 1.82) is 0 Å². The standard InChI is InChI=1S/C11H14N2O2/c1-15-8-4-7-13-10-6-3-2-5-9(10)12-11(13)14/h2-3,5-6H,4,7-8H2,1H3,(H,12,14). The van der Waals surface area contributed by atoms with Crippen molar-refractivity contribution in [2.24, 2.45) is 0 Å². The molecule has 0 saturated carbocycles. The molecule has 80 valence electrons. The van der Waals surface area contributed by atoms with Crippen molar-refractivity contribution in [1.82, 2.24) is 9.55 Å². The lowest BCUT2D eigenvalue weighted by Crippen LogP contribution is -2.00. The minimum absolute atomic E-state index is 0.0762. The molecule has 1 aromatic heterocycles. The van der Waals surface area contributed by atoms with E-state index < -0.39 is 0 Å². The summed E-state index contributed by atoms with van der Waals surface area (Å²) in [5.74, 6) is 0. The van der Waals surface area contributed by atoms with Crippen LogP contribution in [0.4, 0.5) is 0 Å². The Bertz CT molecular complexity index is 451. The molecule has 0 aliphatic carbocycles. The number of nitrogens with zero attached hydrogens (tertiary/aromatic N) is 2. The van der Waals surface area contributed by atoms with Crippen LogP contribution >= 0.6 is 0 Å². The first-order valence-electron chi connectivity index (χ1n) is 4.96. The van der Waals surface area contributed by atoms with Crippen LogP contribution in [0.25, 0.3) is 11.0 Å². The second-order valence-electron chi connectivity index (χ2n) is 3.40. The predicted molar refractivity (Wildman–Crippen MR) is 57.9 cm³/mol. The first-order valence-corrected chi connectivity index (χ1v) is 4.96. The van der Waals surface area contributed by atoms with Crippen molar-refractivity contribution in [2.45, 2.75) is 13.0 Å². The van der Waals surface area contributed by atoms with E-state index in [-0.39, 0.29) is 6.01 Å². The fourth-order valence-electron chi connectivity index (χ4n) is 1.65. The van der Waals surface area contributed by atoms with E-state index in [0.717, 1.165) is 24.0 Å². The summed E-state index contributed by atoms with van der Waals surface area (Å²) in [4.78, 5) is 4.07. The number of para-hydroxylation sites is 2. The Balaban J connectivity index is 2.28. The molecule has 0 aliphatic heterocycles. The number of fused-ring (bicyclic) bond motifs is 1. The molecule has 4 nitrogen and oxygen atoms in total. The highest BCUT2D eigenvalue weighted by Crippen LogP contribution is 2.20. The molecule has 0 unspecified atom stereocenters. The van der Waals surface area contributed by atoms with Gasteiger partial charge in [0.1, 0.15) is 0 Å². The zero-order valence-electron chi connectivity index (χ0n) is 8.68. The summed E-state index contributed by atoms with van der Waals surface area (Å²) in [5, 5.41) is 9.64. The van der Waals surface area contributed by atoms with Gasteiger partial charge in [-0.05, 0) is 18.6 Å². The summed E-state index contributed by atoms with van der Waals surface area (Å²) in [6, 6.07) is 7.77. The van der Waals surface area contributed by atoms with Gasteiger partial charge in [-0.15, -0.1) is 0 Å². The van der Waals surface area contributed by atoms with Gasteiger partial charge in [-0.2, -0.15) is 4.98 Å². The maximum atomic E-state index is 9.64. The van der Waals surface area contributed by atoms with E-state index in [1.807, 2.05) is 24.3 Å². The molecule has 2 rings (SSSR count). The normalized spacial score (nSPS) is 11.0. The topological polar surface area (TPSA) is 47.3 Å². The second kappa shape index (κ2) is 4.31. The minimum atomic E-state index is 0.0762. The highest BCUT2D eigenvalue weighted by atomic mass is 16.5. The Kier molecular flexibility index (Phi) is 2.87. The van der Waals surface area contributed by atoms with Gasteiger partial charge in [0.15, 0.2) is 0 Å². The molecular formula is C11H14N2O2. The van der Waals surface area contributed by atoms with E-state index in [1.165, 1.54) is 0 Å². The van der Waals surface area contributed by atoms with Crippen LogP contribution in [0.5, 0.6) is 6.01 Å². The lowest BCUT2D eigenvalue weighted by atomic mass is 10.3. The number of aryl methyl sites for hydroxylation is 1. The molecule has 0 bridgehead atoms. The molecule has 0 atom stereocenters. The lowest BCUT2D eigenvalue weighted by Gasteiger charge is -2.04. The van der Waals surface area contributed by atoms with Gasteiger partial charge in [-0.25, -0.2) is 0 Å². The monoisotopic (exact) mass is 206 g/mol.